The molecule has 0 saturated heterocycles. The summed E-state index contributed by atoms with van der Waals surface area (Å²) in [4.78, 5) is 11.9. The van der Waals surface area contributed by atoms with Gasteiger partial charge >= 0.3 is 0 Å². The molecule has 0 bridgehead atoms. The second kappa shape index (κ2) is 7.99. The number of amides is 1. The largest absolute Gasteiger partial charge is 0.491 e. The fourth-order valence-corrected chi connectivity index (χ4v) is 2.65. The highest BCUT2D eigenvalue weighted by molar-refractivity contribution is 9.10. The van der Waals surface area contributed by atoms with E-state index >= 15 is 0 Å². The number of hydrogen-bond acceptors (Lipinski definition) is 2. The normalized spacial score (nSPS) is 10.3. The molecule has 3 nitrogen and oxygen atoms in total. The lowest BCUT2D eigenvalue weighted by Gasteiger charge is -2.10. The Morgan fingerprint density at radius 3 is 2.73 bits per heavy atom. The summed E-state index contributed by atoms with van der Waals surface area (Å²) in [7, 11) is 0. The van der Waals surface area contributed by atoms with E-state index in [1.807, 2.05) is 43.3 Å². The molecule has 0 aliphatic heterocycles. The molecule has 116 valence electrons. The molecule has 0 radical (unpaired) electrons. The van der Waals surface area contributed by atoms with E-state index in [9.17, 15) is 4.79 Å². The zero-order valence-corrected chi connectivity index (χ0v) is 14.4. The molecule has 0 atom stereocenters. The van der Waals surface area contributed by atoms with Gasteiger partial charge < -0.3 is 10.1 Å². The summed E-state index contributed by atoms with van der Waals surface area (Å²) in [5.74, 6) is 0.870. The number of benzene rings is 2. The van der Waals surface area contributed by atoms with Crippen LogP contribution in [0.25, 0.3) is 0 Å². The van der Waals surface area contributed by atoms with Crippen molar-refractivity contribution in [1.82, 2.24) is 5.32 Å². The van der Waals surface area contributed by atoms with Crippen LogP contribution in [0.4, 0.5) is 0 Å². The number of carbonyl (C=O) groups excluding carboxylic acids is 1. The summed E-state index contributed by atoms with van der Waals surface area (Å²) in [5, 5.41) is 2.87. The number of halogens is 1. The molecule has 1 N–H and O–H groups in total. The van der Waals surface area contributed by atoms with Crippen LogP contribution < -0.4 is 10.1 Å². The molecule has 0 saturated carbocycles. The highest BCUT2D eigenvalue weighted by Crippen LogP contribution is 2.18. The van der Waals surface area contributed by atoms with Crippen molar-refractivity contribution in [3.63, 3.8) is 0 Å². The quantitative estimate of drug-likeness (QED) is 0.794. The molecule has 4 heteroatoms. The summed E-state index contributed by atoms with van der Waals surface area (Å²) in [6.45, 7) is 5.04. The summed E-state index contributed by atoms with van der Waals surface area (Å²) >= 11 is 3.40. The van der Waals surface area contributed by atoms with Crippen LogP contribution in [0.2, 0.25) is 0 Å². The summed E-state index contributed by atoms with van der Waals surface area (Å²) < 4.78 is 6.67. The third kappa shape index (κ3) is 5.19. The Morgan fingerprint density at radius 2 is 2.00 bits per heavy atom. The van der Waals surface area contributed by atoms with Gasteiger partial charge in [0.05, 0.1) is 13.0 Å². The average Bonchev–Trinajstić information content (AvgIpc) is 2.45. The Balaban J connectivity index is 1.73. The van der Waals surface area contributed by atoms with Gasteiger partial charge in [0.15, 0.2) is 0 Å². The molecule has 0 fully saturated rings. The van der Waals surface area contributed by atoms with Crippen LogP contribution in [0, 0.1) is 13.8 Å². The van der Waals surface area contributed by atoms with Gasteiger partial charge in [0, 0.05) is 4.47 Å². The number of nitrogens with one attached hydrogen (secondary N) is 1. The van der Waals surface area contributed by atoms with E-state index in [2.05, 4.69) is 34.2 Å². The van der Waals surface area contributed by atoms with Crippen molar-refractivity contribution in [3.8, 4) is 5.75 Å². The summed E-state index contributed by atoms with van der Waals surface area (Å²) in [6, 6.07) is 13.8. The van der Waals surface area contributed by atoms with Crippen molar-refractivity contribution in [3.05, 3.63) is 63.6 Å². The summed E-state index contributed by atoms with van der Waals surface area (Å²) in [5.41, 5.74) is 3.31. The van der Waals surface area contributed by atoms with Crippen LogP contribution in [-0.2, 0) is 11.2 Å². The van der Waals surface area contributed by atoms with Crippen molar-refractivity contribution < 1.29 is 9.53 Å². The SMILES string of the molecule is Cc1ccc(OCCNC(=O)Cc2cccc(Br)c2)c(C)c1. The average molecular weight is 362 g/mol. The second-order valence-corrected chi connectivity index (χ2v) is 6.19. The van der Waals surface area contributed by atoms with Gasteiger partial charge in [-0.1, -0.05) is 45.8 Å². The fourth-order valence-electron chi connectivity index (χ4n) is 2.21. The molecule has 1 amide bonds. The number of ether oxygens (including phenoxy) is 1. The summed E-state index contributed by atoms with van der Waals surface area (Å²) in [6.07, 6.45) is 0.378. The Labute approximate surface area is 139 Å². The van der Waals surface area contributed by atoms with Crippen molar-refractivity contribution in [1.29, 1.82) is 0 Å². The first-order valence-electron chi connectivity index (χ1n) is 7.26. The van der Waals surface area contributed by atoms with Gasteiger partial charge in [-0.05, 0) is 43.2 Å². The molecule has 0 spiro atoms. The lowest BCUT2D eigenvalue weighted by atomic mass is 10.1. The van der Waals surface area contributed by atoms with Crippen LogP contribution in [0.1, 0.15) is 16.7 Å². The lowest BCUT2D eigenvalue weighted by molar-refractivity contribution is -0.120. The predicted octanol–water partition coefficient (Wildman–Crippen LogP) is 3.80. The maximum absolute atomic E-state index is 11.9. The predicted molar refractivity (Wildman–Crippen MR) is 92.3 cm³/mol. The van der Waals surface area contributed by atoms with E-state index in [0.717, 1.165) is 21.3 Å². The van der Waals surface area contributed by atoms with E-state index in [0.29, 0.717) is 19.6 Å². The van der Waals surface area contributed by atoms with Crippen LogP contribution in [0.5, 0.6) is 5.75 Å². The molecule has 2 aromatic rings. The van der Waals surface area contributed by atoms with Gasteiger partial charge in [-0.3, -0.25) is 4.79 Å². The third-order valence-corrected chi connectivity index (χ3v) is 3.76. The van der Waals surface area contributed by atoms with E-state index in [-0.39, 0.29) is 5.91 Å². The first kappa shape index (κ1) is 16.6. The van der Waals surface area contributed by atoms with Gasteiger partial charge in [0.1, 0.15) is 12.4 Å². The molecule has 2 rings (SSSR count). The highest BCUT2D eigenvalue weighted by Gasteiger charge is 2.04. The molecule has 0 heterocycles. The van der Waals surface area contributed by atoms with Crippen LogP contribution in [0.15, 0.2) is 46.9 Å². The Bertz CT molecular complexity index is 655. The third-order valence-electron chi connectivity index (χ3n) is 3.27. The highest BCUT2D eigenvalue weighted by atomic mass is 79.9. The van der Waals surface area contributed by atoms with Gasteiger partial charge in [-0.25, -0.2) is 0 Å². The molecule has 22 heavy (non-hydrogen) atoms. The molecule has 0 unspecified atom stereocenters. The standard InChI is InChI=1S/C18H20BrNO2/c1-13-6-7-17(14(2)10-13)22-9-8-20-18(21)12-15-4-3-5-16(19)11-15/h3-7,10-11H,8-9,12H2,1-2H3,(H,20,21). The molecule has 0 aliphatic rings. The first-order chi connectivity index (χ1) is 10.5. The number of carbonyl (C=O) groups is 1. The van der Waals surface area contributed by atoms with Crippen molar-refractivity contribution in [2.24, 2.45) is 0 Å². The molecular formula is C18H20BrNO2. The minimum Gasteiger partial charge on any atom is -0.491 e. The molecule has 0 aliphatic carbocycles. The minimum absolute atomic E-state index is 0.00216. The van der Waals surface area contributed by atoms with Crippen molar-refractivity contribution in [2.75, 3.05) is 13.2 Å². The van der Waals surface area contributed by atoms with E-state index in [1.54, 1.807) is 0 Å². The van der Waals surface area contributed by atoms with Gasteiger partial charge in [-0.15, -0.1) is 0 Å². The lowest BCUT2D eigenvalue weighted by Crippen LogP contribution is -2.29. The zero-order chi connectivity index (χ0) is 15.9. The van der Waals surface area contributed by atoms with Crippen LogP contribution in [-0.4, -0.2) is 19.1 Å². The van der Waals surface area contributed by atoms with E-state index in [4.69, 9.17) is 4.74 Å². The zero-order valence-electron chi connectivity index (χ0n) is 12.9. The Hall–Kier alpha value is -1.81. The van der Waals surface area contributed by atoms with Gasteiger partial charge in [0.2, 0.25) is 5.91 Å². The second-order valence-electron chi connectivity index (χ2n) is 5.27. The molecule has 0 aromatic heterocycles. The van der Waals surface area contributed by atoms with Crippen molar-refractivity contribution >= 4 is 21.8 Å². The molecule has 2 aromatic carbocycles. The minimum atomic E-state index is 0.00216. The Kier molecular flexibility index (Phi) is 6.01. The smallest absolute Gasteiger partial charge is 0.224 e. The van der Waals surface area contributed by atoms with Crippen LogP contribution in [0.3, 0.4) is 0 Å². The fraction of sp³-hybridized carbons (Fsp3) is 0.278. The van der Waals surface area contributed by atoms with Gasteiger partial charge in [-0.2, -0.15) is 0 Å². The van der Waals surface area contributed by atoms with Crippen molar-refractivity contribution in [2.45, 2.75) is 20.3 Å². The molecular weight excluding hydrogens is 342 g/mol. The van der Waals surface area contributed by atoms with E-state index < -0.39 is 0 Å². The number of rotatable bonds is 6. The monoisotopic (exact) mass is 361 g/mol. The van der Waals surface area contributed by atoms with Gasteiger partial charge in [0.25, 0.3) is 0 Å². The number of hydrogen-bond donors (Lipinski definition) is 1. The van der Waals surface area contributed by atoms with E-state index in [1.165, 1.54) is 5.56 Å². The maximum Gasteiger partial charge on any atom is 0.224 e. The first-order valence-corrected chi connectivity index (χ1v) is 8.05. The van der Waals surface area contributed by atoms with Crippen LogP contribution >= 0.6 is 15.9 Å². The topological polar surface area (TPSA) is 38.3 Å². The Morgan fingerprint density at radius 1 is 1.18 bits per heavy atom. The maximum atomic E-state index is 11.9. The number of aryl methyl sites for hydroxylation is 2.